The van der Waals surface area contributed by atoms with Gasteiger partial charge in [0.2, 0.25) is 11.7 Å². The zero-order valence-electron chi connectivity index (χ0n) is 16.2. The average molecular weight is 422 g/mol. The fraction of sp³-hybridized carbons (Fsp3) is 0.182. The molecule has 2 heterocycles. The number of hydrogen-bond donors (Lipinski definition) is 0. The first-order valence-electron chi connectivity index (χ1n) is 9.55. The van der Waals surface area contributed by atoms with Crippen LogP contribution in [0.2, 0.25) is 0 Å². The molecule has 1 amide bonds. The molecule has 8 heteroatoms. The lowest BCUT2D eigenvalue weighted by molar-refractivity contribution is -0.132. The maximum atomic E-state index is 13.4. The number of benzene rings is 2. The second kappa shape index (κ2) is 9.41. The number of hydrogen-bond acceptors (Lipinski definition) is 5. The molecule has 0 saturated heterocycles. The van der Waals surface area contributed by atoms with E-state index in [-0.39, 0.29) is 24.1 Å². The van der Waals surface area contributed by atoms with Crippen LogP contribution in [0.1, 0.15) is 10.4 Å². The number of carbonyl (C=O) groups excluding carboxylic acids is 1. The van der Waals surface area contributed by atoms with Crippen LogP contribution in [0.5, 0.6) is 0 Å². The van der Waals surface area contributed by atoms with Gasteiger partial charge in [0.25, 0.3) is 0 Å². The van der Waals surface area contributed by atoms with Crippen molar-refractivity contribution in [1.82, 2.24) is 25.1 Å². The lowest BCUT2D eigenvalue weighted by Crippen LogP contribution is -2.35. The third-order valence-electron chi connectivity index (χ3n) is 4.61. The first-order valence-corrected chi connectivity index (χ1v) is 10.4. The van der Waals surface area contributed by atoms with Gasteiger partial charge in [-0.25, -0.2) is 4.39 Å². The highest BCUT2D eigenvalue weighted by Crippen LogP contribution is 2.15. The number of aromatic nitrogens is 4. The van der Waals surface area contributed by atoms with Crippen molar-refractivity contribution < 1.29 is 9.18 Å². The van der Waals surface area contributed by atoms with E-state index < -0.39 is 0 Å². The molecule has 0 N–H and O–H groups in total. The number of carbonyl (C=O) groups is 1. The smallest absolute Gasteiger partial charge is 0.246 e. The summed E-state index contributed by atoms with van der Waals surface area (Å²) in [5, 5.41) is 14.2. The van der Waals surface area contributed by atoms with Gasteiger partial charge in [-0.05, 0) is 40.8 Å². The van der Waals surface area contributed by atoms with Crippen LogP contribution < -0.4 is 0 Å². The van der Waals surface area contributed by atoms with Gasteiger partial charge < -0.3 is 4.90 Å². The number of tetrazole rings is 1. The molecular weight excluding hydrogens is 401 g/mol. The van der Waals surface area contributed by atoms with E-state index in [0.717, 1.165) is 11.3 Å². The Morgan fingerprint density at radius 3 is 2.70 bits per heavy atom. The fourth-order valence-electron chi connectivity index (χ4n) is 3.07. The summed E-state index contributed by atoms with van der Waals surface area (Å²) in [4.78, 5) is 17.2. The minimum Gasteiger partial charge on any atom is -0.336 e. The first kappa shape index (κ1) is 19.9. The maximum absolute atomic E-state index is 13.4. The van der Waals surface area contributed by atoms with Gasteiger partial charge >= 0.3 is 0 Å². The van der Waals surface area contributed by atoms with Crippen LogP contribution >= 0.6 is 11.3 Å². The summed E-state index contributed by atoms with van der Waals surface area (Å²) in [5.41, 5.74) is 1.70. The van der Waals surface area contributed by atoms with Crippen molar-refractivity contribution >= 4 is 17.2 Å². The summed E-state index contributed by atoms with van der Waals surface area (Å²) in [6, 6.07) is 20.0. The van der Waals surface area contributed by atoms with Gasteiger partial charge in [0.15, 0.2) is 0 Å². The lowest BCUT2D eigenvalue weighted by atomic mass is 10.1. The minimum atomic E-state index is -0.372. The normalized spacial score (nSPS) is 10.8. The summed E-state index contributed by atoms with van der Waals surface area (Å²) in [5.74, 6) is -0.179. The van der Waals surface area contributed by atoms with E-state index in [1.807, 2.05) is 40.6 Å². The molecule has 0 fully saturated rings. The highest BCUT2D eigenvalue weighted by molar-refractivity contribution is 7.09. The largest absolute Gasteiger partial charge is 0.336 e. The monoisotopic (exact) mass is 421 g/mol. The van der Waals surface area contributed by atoms with Gasteiger partial charge in [0.1, 0.15) is 12.4 Å². The van der Waals surface area contributed by atoms with E-state index in [4.69, 9.17) is 0 Å². The average Bonchev–Trinajstić information content (AvgIpc) is 3.44. The number of thiophene rings is 1. The summed E-state index contributed by atoms with van der Waals surface area (Å²) < 4.78 is 13.4. The van der Waals surface area contributed by atoms with E-state index in [1.165, 1.54) is 22.5 Å². The standard InChI is InChI=1S/C22H20FN5OS/c23-19-9-4-8-18(14-19)22-24-26-28(25-22)16-21(29)27(15-20-10-5-13-30-20)12-11-17-6-2-1-3-7-17/h1-10,13-14H,11-12,15-16H2. The number of halogens is 1. The Kier molecular flexibility index (Phi) is 6.24. The molecule has 2 aromatic heterocycles. The second-order valence-electron chi connectivity index (χ2n) is 6.78. The van der Waals surface area contributed by atoms with Crippen LogP contribution in [0.4, 0.5) is 4.39 Å². The fourth-order valence-corrected chi connectivity index (χ4v) is 3.79. The van der Waals surface area contributed by atoms with E-state index in [9.17, 15) is 9.18 Å². The molecule has 0 aliphatic heterocycles. The maximum Gasteiger partial charge on any atom is 0.246 e. The molecule has 0 saturated carbocycles. The van der Waals surface area contributed by atoms with Gasteiger partial charge in [-0.2, -0.15) is 4.80 Å². The first-order chi connectivity index (χ1) is 14.7. The Morgan fingerprint density at radius 2 is 1.93 bits per heavy atom. The molecule has 30 heavy (non-hydrogen) atoms. The summed E-state index contributed by atoms with van der Waals surface area (Å²) in [6.07, 6.45) is 0.761. The molecule has 0 bridgehead atoms. The topological polar surface area (TPSA) is 63.9 Å². The van der Waals surface area contributed by atoms with Gasteiger partial charge in [0.05, 0.1) is 6.54 Å². The molecule has 4 rings (SSSR count). The molecule has 0 spiro atoms. The van der Waals surface area contributed by atoms with Crippen molar-refractivity contribution in [2.75, 3.05) is 6.54 Å². The Hall–Kier alpha value is -3.39. The zero-order chi connectivity index (χ0) is 20.8. The van der Waals surface area contributed by atoms with Crippen molar-refractivity contribution in [3.05, 3.63) is 88.4 Å². The van der Waals surface area contributed by atoms with E-state index in [2.05, 4.69) is 27.5 Å². The van der Waals surface area contributed by atoms with E-state index in [1.54, 1.807) is 23.5 Å². The lowest BCUT2D eigenvalue weighted by Gasteiger charge is -2.22. The molecule has 6 nitrogen and oxygen atoms in total. The number of nitrogens with zero attached hydrogens (tertiary/aromatic N) is 5. The quantitative estimate of drug-likeness (QED) is 0.434. The van der Waals surface area contributed by atoms with Crippen LogP contribution in [-0.2, 0) is 24.3 Å². The SMILES string of the molecule is O=C(Cn1nnc(-c2cccc(F)c2)n1)N(CCc1ccccc1)Cc1cccs1. The Labute approximate surface area is 177 Å². The third kappa shape index (κ3) is 5.15. The summed E-state index contributed by atoms with van der Waals surface area (Å²) in [7, 11) is 0. The molecule has 0 radical (unpaired) electrons. The Morgan fingerprint density at radius 1 is 1.07 bits per heavy atom. The van der Waals surface area contributed by atoms with E-state index in [0.29, 0.717) is 18.7 Å². The van der Waals surface area contributed by atoms with Crippen LogP contribution in [0, 0.1) is 5.82 Å². The molecule has 0 aliphatic rings. The molecule has 0 atom stereocenters. The molecule has 152 valence electrons. The predicted molar refractivity (Wildman–Crippen MR) is 113 cm³/mol. The molecule has 0 aliphatic carbocycles. The van der Waals surface area contributed by atoms with Gasteiger partial charge in [0, 0.05) is 17.0 Å². The summed E-state index contributed by atoms with van der Waals surface area (Å²) >= 11 is 1.62. The highest BCUT2D eigenvalue weighted by Gasteiger charge is 2.17. The van der Waals surface area contributed by atoms with Gasteiger partial charge in [-0.3, -0.25) is 4.79 Å². The molecule has 2 aromatic carbocycles. The third-order valence-corrected chi connectivity index (χ3v) is 5.47. The van der Waals surface area contributed by atoms with Crippen LogP contribution in [0.25, 0.3) is 11.4 Å². The van der Waals surface area contributed by atoms with Gasteiger partial charge in [-0.1, -0.05) is 48.5 Å². The van der Waals surface area contributed by atoms with Crippen molar-refractivity contribution in [2.24, 2.45) is 0 Å². The van der Waals surface area contributed by atoms with Crippen LogP contribution in [0.3, 0.4) is 0 Å². The highest BCUT2D eigenvalue weighted by atomic mass is 32.1. The predicted octanol–water partition coefficient (Wildman–Crippen LogP) is 3.81. The number of rotatable bonds is 8. The number of amides is 1. The van der Waals surface area contributed by atoms with Crippen molar-refractivity contribution in [3.63, 3.8) is 0 Å². The molecule has 0 unspecified atom stereocenters. The van der Waals surface area contributed by atoms with E-state index >= 15 is 0 Å². The van der Waals surface area contributed by atoms with Crippen LogP contribution in [0.15, 0.2) is 72.1 Å². The molecular formula is C22H20FN5OS. The van der Waals surface area contributed by atoms with Crippen molar-refractivity contribution in [1.29, 1.82) is 0 Å². The zero-order valence-corrected chi connectivity index (χ0v) is 17.0. The van der Waals surface area contributed by atoms with Crippen LogP contribution in [-0.4, -0.2) is 37.6 Å². The Bertz CT molecular complexity index is 1100. The van der Waals surface area contributed by atoms with Gasteiger partial charge in [-0.15, -0.1) is 21.5 Å². The van der Waals surface area contributed by atoms with Crippen molar-refractivity contribution in [3.8, 4) is 11.4 Å². The van der Waals surface area contributed by atoms with Crippen molar-refractivity contribution in [2.45, 2.75) is 19.5 Å². The minimum absolute atomic E-state index is 0.0253. The second-order valence-corrected chi connectivity index (χ2v) is 7.82. The molecule has 4 aromatic rings. The summed E-state index contributed by atoms with van der Waals surface area (Å²) in [6.45, 7) is 1.10. The Balaban J connectivity index is 1.45.